The number of rotatable bonds is 6. The predicted molar refractivity (Wildman–Crippen MR) is 117 cm³/mol. The molecule has 0 radical (unpaired) electrons. The highest BCUT2D eigenvalue weighted by molar-refractivity contribution is 5.76. The van der Waals surface area contributed by atoms with Crippen molar-refractivity contribution in [2.45, 2.75) is 50.5 Å². The minimum atomic E-state index is 0.199. The first-order valence-electron chi connectivity index (χ1n) is 11.0. The monoisotopic (exact) mass is 417 g/mol. The lowest BCUT2D eigenvalue weighted by Crippen LogP contribution is -2.38. The summed E-state index contributed by atoms with van der Waals surface area (Å²) in [7, 11) is 0. The zero-order valence-corrected chi connectivity index (χ0v) is 17.5. The van der Waals surface area contributed by atoms with Crippen LogP contribution >= 0.6 is 0 Å². The topological polar surface area (TPSA) is 99.7 Å². The Morgan fingerprint density at radius 3 is 2.45 bits per heavy atom. The van der Waals surface area contributed by atoms with E-state index in [2.05, 4.69) is 55.0 Å². The van der Waals surface area contributed by atoms with Crippen molar-refractivity contribution in [3.63, 3.8) is 0 Å². The standard InChI is InChI=1S/C23H27N7O/c31-22(30-9-7-17(8-10-30)21-15-26-29-28-21)6-5-16-13-24-23(25-14-16)27-20-11-18-3-1-2-4-19(18)12-20/h1-4,13-15,17,20H,5-12H2,(H,24,25,27)(H,26,28,29). The summed E-state index contributed by atoms with van der Waals surface area (Å²) in [4.78, 5) is 23.5. The molecular formula is C23H27N7O. The van der Waals surface area contributed by atoms with Gasteiger partial charge in [-0.15, -0.1) is 5.10 Å². The molecular weight excluding hydrogens is 390 g/mol. The zero-order chi connectivity index (χ0) is 21.0. The first-order chi connectivity index (χ1) is 15.2. The maximum Gasteiger partial charge on any atom is 0.222 e. The molecule has 1 saturated heterocycles. The van der Waals surface area contributed by atoms with Crippen LogP contribution in [0.5, 0.6) is 0 Å². The van der Waals surface area contributed by atoms with Gasteiger partial charge in [-0.1, -0.05) is 29.5 Å². The Hall–Kier alpha value is -3.29. The summed E-state index contributed by atoms with van der Waals surface area (Å²) < 4.78 is 0. The number of amides is 1. The number of carbonyl (C=O) groups is 1. The van der Waals surface area contributed by atoms with E-state index in [4.69, 9.17) is 0 Å². The minimum Gasteiger partial charge on any atom is -0.351 e. The van der Waals surface area contributed by atoms with E-state index in [1.54, 1.807) is 0 Å². The summed E-state index contributed by atoms with van der Waals surface area (Å²) in [6.07, 6.45) is 10.6. The summed E-state index contributed by atoms with van der Waals surface area (Å²) in [5.74, 6) is 1.25. The molecule has 160 valence electrons. The van der Waals surface area contributed by atoms with Crippen LogP contribution in [-0.2, 0) is 24.1 Å². The van der Waals surface area contributed by atoms with Gasteiger partial charge in [0.15, 0.2) is 0 Å². The largest absolute Gasteiger partial charge is 0.351 e. The molecule has 0 atom stereocenters. The summed E-state index contributed by atoms with van der Waals surface area (Å²) in [5, 5.41) is 14.1. The molecule has 1 fully saturated rings. The highest BCUT2D eigenvalue weighted by Gasteiger charge is 2.25. The van der Waals surface area contributed by atoms with Gasteiger partial charge in [-0.05, 0) is 48.8 Å². The number of anilines is 1. The molecule has 2 aliphatic rings. The predicted octanol–water partition coefficient (Wildman–Crippen LogP) is 2.51. The number of nitrogens with one attached hydrogen (secondary N) is 2. The summed E-state index contributed by atoms with van der Waals surface area (Å²) in [6, 6.07) is 8.90. The number of benzene rings is 1. The molecule has 8 nitrogen and oxygen atoms in total. The quantitative estimate of drug-likeness (QED) is 0.639. The number of likely N-dealkylation sites (tertiary alicyclic amines) is 1. The smallest absolute Gasteiger partial charge is 0.222 e. The van der Waals surface area contributed by atoms with Crippen molar-refractivity contribution in [2.24, 2.45) is 0 Å². The third-order valence-corrected chi connectivity index (χ3v) is 6.42. The van der Waals surface area contributed by atoms with Crippen molar-refractivity contribution in [2.75, 3.05) is 18.4 Å². The van der Waals surface area contributed by atoms with Crippen molar-refractivity contribution >= 4 is 11.9 Å². The molecule has 1 amide bonds. The fraction of sp³-hybridized carbons (Fsp3) is 0.435. The molecule has 3 heterocycles. The summed E-state index contributed by atoms with van der Waals surface area (Å²) >= 11 is 0. The van der Waals surface area contributed by atoms with E-state index in [1.807, 2.05) is 23.5 Å². The molecule has 1 aliphatic carbocycles. The third-order valence-electron chi connectivity index (χ3n) is 6.42. The first-order valence-corrected chi connectivity index (χ1v) is 11.0. The van der Waals surface area contributed by atoms with Crippen LogP contribution in [0.25, 0.3) is 0 Å². The van der Waals surface area contributed by atoms with Crippen LogP contribution in [0, 0.1) is 0 Å². The van der Waals surface area contributed by atoms with E-state index >= 15 is 0 Å². The van der Waals surface area contributed by atoms with Crippen molar-refractivity contribution < 1.29 is 4.79 Å². The number of hydrogen-bond acceptors (Lipinski definition) is 6. The van der Waals surface area contributed by atoms with E-state index in [9.17, 15) is 4.79 Å². The molecule has 2 N–H and O–H groups in total. The molecule has 0 unspecified atom stereocenters. The van der Waals surface area contributed by atoms with Crippen LogP contribution in [0.2, 0.25) is 0 Å². The molecule has 1 aromatic carbocycles. The number of carbonyl (C=O) groups excluding carboxylic acids is 1. The number of aromatic amines is 1. The lowest BCUT2D eigenvalue weighted by molar-refractivity contribution is -0.132. The Balaban J connectivity index is 1.07. The maximum atomic E-state index is 12.6. The lowest BCUT2D eigenvalue weighted by Gasteiger charge is -2.31. The molecule has 5 rings (SSSR count). The van der Waals surface area contributed by atoms with E-state index in [0.717, 1.165) is 50.0 Å². The Bertz CT molecular complexity index is 986. The number of piperidine rings is 1. The molecule has 1 aliphatic heterocycles. The van der Waals surface area contributed by atoms with E-state index in [0.29, 0.717) is 30.7 Å². The number of hydrogen-bond donors (Lipinski definition) is 2. The molecule has 31 heavy (non-hydrogen) atoms. The van der Waals surface area contributed by atoms with Crippen LogP contribution in [0.15, 0.2) is 42.9 Å². The Kier molecular flexibility index (Phi) is 5.60. The molecule has 0 spiro atoms. The second kappa shape index (κ2) is 8.83. The van der Waals surface area contributed by atoms with Crippen molar-refractivity contribution in [3.8, 4) is 0 Å². The van der Waals surface area contributed by atoms with Crippen LogP contribution in [0.1, 0.15) is 47.6 Å². The molecule has 8 heteroatoms. The van der Waals surface area contributed by atoms with Gasteiger partial charge in [0.05, 0.1) is 5.69 Å². The average molecular weight is 418 g/mol. The van der Waals surface area contributed by atoms with Crippen molar-refractivity contribution in [3.05, 3.63) is 65.2 Å². The normalized spacial score (nSPS) is 17.0. The SMILES string of the molecule is O=C(CCc1cnc(NC2Cc3ccccc3C2)nc1)N1CCC(c2c[nH]nn2)CC1. The second-order valence-corrected chi connectivity index (χ2v) is 8.49. The summed E-state index contributed by atoms with van der Waals surface area (Å²) in [5.41, 5.74) is 4.80. The van der Waals surface area contributed by atoms with Crippen LogP contribution in [0.3, 0.4) is 0 Å². The Morgan fingerprint density at radius 1 is 1.10 bits per heavy atom. The summed E-state index contributed by atoms with van der Waals surface area (Å²) in [6.45, 7) is 1.55. The fourth-order valence-electron chi connectivity index (χ4n) is 4.65. The van der Waals surface area contributed by atoms with E-state index < -0.39 is 0 Å². The van der Waals surface area contributed by atoms with Gasteiger partial charge in [0.1, 0.15) is 0 Å². The average Bonchev–Trinajstić information content (AvgIpc) is 3.48. The van der Waals surface area contributed by atoms with Crippen LogP contribution < -0.4 is 5.32 Å². The van der Waals surface area contributed by atoms with Gasteiger partial charge in [0, 0.05) is 50.1 Å². The van der Waals surface area contributed by atoms with Gasteiger partial charge in [0.25, 0.3) is 0 Å². The first kappa shape index (κ1) is 19.7. The van der Waals surface area contributed by atoms with Gasteiger partial charge < -0.3 is 10.2 Å². The minimum absolute atomic E-state index is 0.199. The van der Waals surface area contributed by atoms with Crippen molar-refractivity contribution in [1.29, 1.82) is 0 Å². The molecule has 0 saturated carbocycles. The van der Waals surface area contributed by atoms with Gasteiger partial charge in [-0.2, -0.15) is 0 Å². The van der Waals surface area contributed by atoms with Crippen LogP contribution in [0.4, 0.5) is 5.95 Å². The second-order valence-electron chi connectivity index (χ2n) is 8.49. The number of fused-ring (bicyclic) bond motifs is 1. The van der Waals surface area contributed by atoms with Crippen molar-refractivity contribution in [1.82, 2.24) is 30.3 Å². The third kappa shape index (κ3) is 4.57. The van der Waals surface area contributed by atoms with Gasteiger partial charge >= 0.3 is 0 Å². The van der Waals surface area contributed by atoms with E-state index in [-0.39, 0.29) is 5.91 Å². The molecule has 3 aromatic rings. The fourth-order valence-corrected chi connectivity index (χ4v) is 4.65. The van der Waals surface area contributed by atoms with Gasteiger partial charge in [0.2, 0.25) is 11.9 Å². The van der Waals surface area contributed by atoms with Gasteiger partial charge in [-0.3, -0.25) is 9.89 Å². The number of nitrogens with zero attached hydrogens (tertiary/aromatic N) is 5. The number of aromatic nitrogens is 5. The van der Waals surface area contributed by atoms with Gasteiger partial charge in [-0.25, -0.2) is 9.97 Å². The lowest BCUT2D eigenvalue weighted by atomic mass is 9.94. The Morgan fingerprint density at radius 2 is 1.81 bits per heavy atom. The Labute approximate surface area is 181 Å². The highest BCUT2D eigenvalue weighted by Crippen LogP contribution is 2.26. The zero-order valence-electron chi connectivity index (χ0n) is 17.5. The number of aryl methyl sites for hydroxylation is 1. The number of H-pyrrole nitrogens is 1. The maximum absolute atomic E-state index is 12.6. The van der Waals surface area contributed by atoms with Crippen LogP contribution in [-0.4, -0.2) is 55.3 Å². The highest BCUT2D eigenvalue weighted by atomic mass is 16.2. The molecule has 2 aromatic heterocycles. The molecule has 0 bridgehead atoms. The van der Waals surface area contributed by atoms with E-state index in [1.165, 1.54) is 11.1 Å².